The summed E-state index contributed by atoms with van der Waals surface area (Å²) in [7, 11) is 0. The van der Waals surface area contributed by atoms with E-state index in [2.05, 4.69) is 17.6 Å². The molecule has 2 aliphatic carbocycles. The first-order valence-corrected chi connectivity index (χ1v) is 9.62. The van der Waals surface area contributed by atoms with Crippen molar-refractivity contribution in [2.45, 2.75) is 63.6 Å². The van der Waals surface area contributed by atoms with Crippen LogP contribution in [0, 0.1) is 5.41 Å². The number of carbonyl (C=O) groups excluding carboxylic acids is 1. The largest absolute Gasteiger partial charge is 0.378 e. The van der Waals surface area contributed by atoms with E-state index in [0.29, 0.717) is 24.6 Å². The van der Waals surface area contributed by atoms with Crippen LogP contribution < -0.4 is 10.6 Å². The van der Waals surface area contributed by atoms with Crippen molar-refractivity contribution in [3.8, 4) is 0 Å². The van der Waals surface area contributed by atoms with Gasteiger partial charge in [0.25, 0.3) is 0 Å². The van der Waals surface area contributed by atoms with E-state index in [0.717, 1.165) is 25.3 Å². The summed E-state index contributed by atoms with van der Waals surface area (Å²) in [4.78, 5) is 12.3. The average Bonchev–Trinajstić information content (AvgIpc) is 3.00. The van der Waals surface area contributed by atoms with Gasteiger partial charge in [-0.2, -0.15) is 11.8 Å². The molecular formula is C16H28N2O2S. The molecule has 120 valence electrons. The summed E-state index contributed by atoms with van der Waals surface area (Å²) in [5.74, 6) is 2.45. The Bertz CT molecular complexity index is 365. The zero-order valence-corrected chi connectivity index (χ0v) is 13.8. The van der Waals surface area contributed by atoms with Crippen molar-refractivity contribution in [1.82, 2.24) is 10.6 Å². The van der Waals surface area contributed by atoms with Crippen LogP contribution in [0.4, 0.5) is 0 Å². The number of rotatable bonds is 5. The van der Waals surface area contributed by atoms with Crippen molar-refractivity contribution in [3.05, 3.63) is 0 Å². The molecule has 1 saturated heterocycles. The second kappa shape index (κ2) is 6.88. The molecule has 1 aliphatic heterocycles. The number of hydrogen-bond acceptors (Lipinski definition) is 4. The maximum atomic E-state index is 12.3. The summed E-state index contributed by atoms with van der Waals surface area (Å²) in [6, 6.07) is 0.700. The Hall–Kier alpha value is -0.260. The highest BCUT2D eigenvalue weighted by Crippen LogP contribution is 2.54. The van der Waals surface area contributed by atoms with E-state index < -0.39 is 0 Å². The summed E-state index contributed by atoms with van der Waals surface area (Å²) < 4.78 is 5.91. The number of carbonyl (C=O) groups is 1. The van der Waals surface area contributed by atoms with Crippen LogP contribution in [0.2, 0.25) is 0 Å². The van der Waals surface area contributed by atoms with Gasteiger partial charge in [-0.05, 0) is 26.2 Å². The van der Waals surface area contributed by atoms with Gasteiger partial charge in [0, 0.05) is 48.6 Å². The fraction of sp³-hybridized carbons (Fsp3) is 0.938. The lowest BCUT2D eigenvalue weighted by Gasteiger charge is -2.54. The third kappa shape index (κ3) is 3.25. The standard InChI is InChI=1S/C16H28N2O2S/c1-2-20-14-10-13(16(14)5-3-4-6-16)18-15(19)9-12-11-21-8-7-17-12/h12-14,17H,2-11H2,1H3,(H,18,19). The summed E-state index contributed by atoms with van der Waals surface area (Å²) >= 11 is 1.95. The van der Waals surface area contributed by atoms with Crippen LogP contribution in [0.15, 0.2) is 0 Å². The Balaban J connectivity index is 1.51. The van der Waals surface area contributed by atoms with Crippen LogP contribution in [-0.2, 0) is 9.53 Å². The summed E-state index contributed by atoms with van der Waals surface area (Å²) in [6.45, 7) is 3.89. The average molecular weight is 312 g/mol. The number of amides is 1. The number of ether oxygens (including phenoxy) is 1. The molecule has 5 heteroatoms. The molecule has 2 saturated carbocycles. The highest BCUT2D eigenvalue weighted by Gasteiger charge is 2.57. The van der Waals surface area contributed by atoms with E-state index in [1.807, 2.05) is 11.8 Å². The van der Waals surface area contributed by atoms with E-state index >= 15 is 0 Å². The second-order valence-electron chi connectivity index (χ2n) is 6.67. The lowest BCUT2D eigenvalue weighted by atomic mass is 9.60. The SMILES string of the molecule is CCOC1CC(NC(=O)CC2CSCCN2)C12CCCC2. The van der Waals surface area contributed by atoms with Crippen LogP contribution in [0.5, 0.6) is 0 Å². The molecule has 0 bridgehead atoms. The van der Waals surface area contributed by atoms with Gasteiger partial charge < -0.3 is 15.4 Å². The van der Waals surface area contributed by atoms with E-state index in [1.165, 1.54) is 31.4 Å². The summed E-state index contributed by atoms with van der Waals surface area (Å²) in [6.07, 6.45) is 7.03. The fourth-order valence-corrected chi connectivity index (χ4v) is 5.27. The Morgan fingerprint density at radius 2 is 2.24 bits per heavy atom. The van der Waals surface area contributed by atoms with Gasteiger partial charge in [0.2, 0.25) is 5.91 Å². The number of thioether (sulfide) groups is 1. The van der Waals surface area contributed by atoms with Gasteiger partial charge in [-0.25, -0.2) is 0 Å². The Labute approximate surface area is 132 Å². The van der Waals surface area contributed by atoms with Gasteiger partial charge in [0.15, 0.2) is 0 Å². The quantitative estimate of drug-likeness (QED) is 0.814. The van der Waals surface area contributed by atoms with Crippen molar-refractivity contribution in [1.29, 1.82) is 0 Å². The molecular weight excluding hydrogens is 284 g/mol. The van der Waals surface area contributed by atoms with Gasteiger partial charge in [-0.15, -0.1) is 0 Å². The molecule has 3 rings (SSSR count). The Morgan fingerprint density at radius 1 is 1.43 bits per heavy atom. The lowest BCUT2D eigenvalue weighted by Crippen LogP contribution is -2.64. The van der Waals surface area contributed by atoms with E-state index in [-0.39, 0.29) is 11.3 Å². The minimum atomic E-state index is 0.223. The predicted octanol–water partition coefficient (Wildman–Crippen LogP) is 1.94. The van der Waals surface area contributed by atoms with Gasteiger partial charge in [0.05, 0.1) is 6.10 Å². The molecule has 3 fully saturated rings. The first-order chi connectivity index (χ1) is 10.2. The minimum absolute atomic E-state index is 0.223. The highest BCUT2D eigenvalue weighted by molar-refractivity contribution is 7.99. The number of hydrogen-bond donors (Lipinski definition) is 2. The molecule has 2 N–H and O–H groups in total. The molecule has 3 unspecified atom stereocenters. The van der Waals surface area contributed by atoms with Crippen molar-refractivity contribution in [2.75, 3.05) is 24.7 Å². The molecule has 3 atom stereocenters. The van der Waals surface area contributed by atoms with E-state index in [9.17, 15) is 4.79 Å². The van der Waals surface area contributed by atoms with Gasteiger partial charge in [-0.1, -0.05) is 12.8 Å². The molecule has 1 heterocycles. The van der Waals surface area contributed by atoms with Crippen molar-refractivity contribution in [3.63, 3.8) is 0 Å². The maximum absolute atomic E-state index is 12.3. The molecule has 0 aromatic carbocycles. The van der Waals surface area contributed by atoms with Crippen molar-refractivity contribution >= 4 is 17.7 Å². The van der Waals surface area contributed by atoms with Crippen LogP contribution in [0.3, 0.4) is 0 Å². The molecule has 1 spiro atoms. The first-order valence-electron chi connectivity index (χ1n) is 8.46. The Morgan fingerprint density at radius 3 is 2.90 bits per heavy atom. The maximum Gasteiger partial charge on any atom is 0.221 e. The van der Waals surface area contributed by atoms with Crippen LogP contribution >= 0.6 is 11.8 Å². The van der Waals surface area contributed by atoms with Crippen molar-refractivity contribution < 1.29 is 9.53 Å². The molecule has 1 amide bonds. The molecule has 0 aromatic rings. The van der Waals surface area contributed by atoms with Gasteiger partial charge in [0.1, 0.15) is 0 Å². The van der Waals surface area contributed by atoms with Crippen molar-refractivity contribution in [2.24, 2.45) is 5.41 Å². The predicted molar refractivity (Wildman–Crippen MR) is 86.6 cm³/mol. The fourth-order valence-electron chi connectivity index (χ4n) is 4.32. The monoisotopic (exact) mass is 312 g/mol. The van der Waals surface area contributed by atoms with Crippen LogP contribution in [0.25, 0.3) is 0 Å². The lowest BCUT2D eigenvalue weighted by molar-refractivity contribution is -0.144. The third-order valence-corrected chi connectivity index (χ3v) is 6.58. The minimum Gasteiger partial charge on any atom is -0.378 e. The molecule has 0 aromatic heterocycles. The molecule has 21 heavy (non-hydrogen) atoms. The molecule has 0 radical (unpaired) electrons. The topological polar surface area (TPSA) is 50.4 Å². The smallest absolute Gasteiger partial charge is 0.221 e. The van der Waals surface area contributed by atoms with Gasteiger partial charge >= 0.3 is 0 Å². The normalized spacial score (nSPS) is 34.6. The molecule has 4 nitrogen and oxygen atoms in total. The zero-order chi connectivity index (χ0) is 14.7. The van der Waals surface area contributed by atoms with Crippen LogP contribution in [-0.4, -0.2) is 48.8 Å². The highest BCUT2D eigenvalue weighted by atomic mass is 32.2. The van der Waals surface area contributed by atoms with E-state index in [4.69, 9.17) is 4.74 Å². The Kier molecular flexibility index (Phi) is 5.12. The first kappa shape index (κ1) is 15.6. The van der Waals surface area contributed by atoms with E-state index in [1.54, 1.807) is 0 Å². The molecule has 3 aliphatic rings. The summed E-state index contributed by atoms with van der Waals surface area (Å²) in [5.41, 5.74) is 0.250. The van der Waals surface area contributed by atoms with Gasteiger partial charge in [-0.3, -0.25) is 4.79 Å². The summed E-state index contributed by atoms with van der Waals surface area (Å²) in [5, 5.41) is 6.76. The zero-order valence-electron chi connectivity index (χ0n) is 13.0. The number of nitrogens with one attached hydrogen (secondary N) is 2. The second-order valence-corrected chi connectivity index (χ2v) is 7.82. The third-order valence-electron chi connectivity index (χ3n) is 5.45. The van der Waals surface area contributed by atoms with Crippen LogP contribution in [0.1, 0.15) is 45.4 Å².